The molecule has 3 rings (SSSR count). The largest absolute Gasteiger partial charge is 0.481 e. The van der Waals surface area contributed by atoms with Crippen molar-refractivity contribution in [3.8, 4) is 0 Å². The van der Waals surface area contributed by atoms with Crippen LogP contribution in [0.15, 0.2) is 29.6 Å². The van der Waals surface area contributed by atoms with Crippen LogP contribution < -0.4 is 10.6 Å². The van der Waals surface area contributed by atoms with E-state index < -0.39 is 53.8 Å². The topological polar surface area (TPSA) is 158 Å². The van der Waals surface area contributed by atoms with Crippen molar-refractivity contribution in [1.82, 2.24) is 25.4 Å². The molecule has 3 N–H and O–H groups in total. The lowest BCUT2D eigenvalue weighted by Crippen LogP contribution is -2.58. The van der Waals surface area contributed by atoms with Gasteiger partial charge in [0.2, 0.25) is 11.8 Å². The van der Waals surface area contributed by atoms with E-state index in [1.807, 2.05) is 39.6 Å². The van der Waals surface area contributed by atoms with E-state index in [1.54, 1.807) is 36.4 Å². The third kappa shape index (κ3) is 12.1. The summed E-state index contributed by atoms with van der Waals surface area (Å²) in [4.78, 5) is 73.2. The Morgan fingerprint density at radius 2 is 1.75 bits per heavy atom. The lowest BCUT2D eigenvalue weighted by molar-refractivity contribution is -0.149. The number of nitrogens with one attached hydrogen (secondary N) is 2. The average Bonchev–Trinajstić information content (AvgIpc) is 3.59. The number of amides is 3. The summed E-state index contributed by atoms with van der Waals surface area (Å²) in [5, 5.41) is 17.4. The molecule has 2 unspecified atom stereocenters. The van der Waals surface area contributed by atoms with Gasteiger partial charge in [-0.25, -0.2) is 9.37 Å². The van der Waals surface area contributed by atoms with E-state index in [2.05, 4.69) is 15.6 Å². The number of likely N-dealkylation sites (N-methyl/N-ethyl adjacent to an activating group) is 2. The van der Waals surface area contributed by atoms with Crippen LogP contribution in [0.2, 0.25) is 0 Å². The zero-order valence-electron chi connectivity index (χ0n) is 31.7. The molecule has 2 aromatic rings. The number of hydrogen-bond acceptors (Lipinski definition) is 9. The number of thiazole rings is 1. The predicted molar refractivity (Wildman–Crippen MR) is 197 cm³/mol. The van der Waals surface area contributed by atoms with Gasteiger partial charge in [-0.2, -0.15) is 0 Å². The number of ether oxygens (including phenoxy) is 1. The van der Waals surface area contributed by atoms with Gasteiger partial charge in [-0.1, -0.05) is 59.6 Å². The normalized spacial score (nSPS) is 18.4. The van der Waals surface area contributed by atoms with Crippen molar-refractivity contribution >= 4 is 41.0 Å². The number of carboxylic acids is 1. The number of aromatic nitrogens is 1. The summed E-state index contributed by atoms with van der Waals surface area (Å²) >= 11 is 1.14. The maximum Gasteiger partial charge on any atom is 0.306 e. The monoisotopic (exact) mass is 745 g/mol. The third-order valence-corrected chi connectivity index (χ3v) is 11.0. The fraction of sp³-hybridized carbons (Fsp3) is 0.632. The lowest BCUT2D eigenvalue weighted by atomic mass is 9.92. The average molecular weight is 746 g/mol. The summed E-state index contributed by atoms with van der Waals surface area (Å²) in [5.41, 5.74) is 0.801. The number of halogens is 1. The Balaban J connectivity index is 1.81. The van der Waals surface area contributed by atoms with Gasteiger partial charge < -0.3 is 25.4 Å². The molecule has 1 aromatic carbocycles. The van der Waals surface area contributed by atoms with Crippen LogP contribution >= 0.6 is 11.3 Å². The third-order valence-electron chi connectivity index (χ3n) is 10.0. The van der Waals surface area contributed by atoms with Gasteiger partial charge in [-0.05, 0) is 68.8 Å². The van der Waals surface area contributed by atoms with Crippen LogP contribution in [0.5, 0.6) is 0 Å². The van der Waals surface area contributed by atoms with E-state index in [1.165, 1.54) is 19.1 Å². The first-order valence-electron chi connectivity index (χ1n) is 18.2. The van der Waals surface area contributed by atoms with E-state index >= 15 is 0 Å². The van der Waals surface area contributed by atoms with Crippen molar-refractivity contribution in [2.24, 2.45) is 17.8 Å². The summed E-state index contributed by atoms with van der Waals surface area (Å²) in [6.45, 7) is 11.5. The van der Waals surface area contributed by atoms with Crippen LogP contribution in [0, 0.1) is 23.6 Å². The molecule has 14 heteroatoms. The molecule has 12 nitrogen and oxygen atoms in total. The van der Waals surface area contributed by atoms with Gasteiger partial charge >= 0.3 is 11.9 Å². The summed E-state index contributed by atoms with van der Waals surface area (Å²) < 4.78 is 19.2. The van der Waals surface area contributed by atoms with Crippen LogP contribution in [0.1, 0.15) is 107 Å². The fourth-order valence-electron chi connectivity index (χ4n) is 6.64. The molecule has 0 bridgehead atoms. The summed E-state index contributed by atoms with van der Waals surface area (Å²) in [5.74, 6) is -3.83. The Kier molecular flexibility index (Phi) is 16.2. The van der Waals surface area contributed by atoms with Crippen molar-refractivity contribution in [2.75, 3.05) is 20.6 Å². The number of benzene rings is 1. The summed E-state index contributed by atoms with van der Waals surface area (Å²) in [7, 11) is 3.63. The van der Waals surface area contributed by atoms with Gasteiger partial charge in [-0.15, -0.1) is 11.3 Å². The quantitative estimate of drug-likeness (QED) is 0.174. The van der Waals surface area contributed by atoms with Gasteiger partial charge in [0.15, 0.2) is 6.10 Å². The molecule has 1 saturated heterocycles. The molecule has 1 aliphatic heterocycles. The molecule has 1 aromatic heterocycles. The molecular formula is C38H56FN5O7S. The SMILES string of the molecule is CCC(C)[C@H](NC(=O)[C@H]1CCCCN1C)C(=O)N(C)C(C[C@@H](OC(C)=O)c1nc(C(=O)N[C@@H](Cc2ccc(F)cc2)C[C@H](C)C(=O)O)cs1)C(C)C. The molecular weight excluding hydrogens is 690 g/mol. The second-order valence-corrected chi connectivity index (χ2v) is 15.4. The van der Waals surface area contributed by atoms with Gasteiger partial charge in [0.25, 0.3) is 5.91 Å². The summed E-state index contributed by atoms with van der Waals surface area (Å²) in [6, 6.07) is 3.76. The molecule has 0 radical (unpaired) electrons. The minimum atomic E-state index is -1.00. The Hall–Kier alpha value is -3.91. The number of piperidine rings is 1. The highest BCUT2D eigenvalue weighted by molar-refractivity contribution is 7.09. The second kappa shape index (κ2) is 19.8. The van der Waals surface area contributed by atoms with E-state index in [0.717, 1.165) is 42.7 Å². The molecule has 0 saturated carbocycles. The number of esters is 1. The maximum atomic E-state index is 14.2. The molecule has 1 fully saturated rings. The smallest absolute Gasteiger partial charge is 0.306 e. The lowest BCUT2D eigenvalue weighted by Gasteiger charge is -2.38. The van der Waals surface area contributed by atoms with Crippen molar-refractivity contribution in [3.63, 3.8) is 0 Å². The Bertz CT molecular complexity index is 1520. The Labute approximate surface area is 310 Å². The molecule has 288 valence electrons. The first kappa shape index (κ1) is 42.5. The number of likely N-dealkylation sites (tertiary alicyclic amines) is 1. The highest BCUT2D eigenvalue weighted by Gasteiger charge is 2.37. The first-order chi connectivity index (χ1) is 24.5. The fourth-order valence-corrected chi connectivity index (χ4v) is 7.48. The van der Waals surface area contributed by atoms with E-state index in [9.17, 15) is 33.5 Å². The molecule has 0 spiro atoms. The zero-order valence-corrected chi connectivity index (χ0v) is 32.5. The predicted octanol–water partition coefficient (Wildman–Crippen LogP) is 5.23. The van der Waals surface area contributed by atoms with Crippen molar-refractivity contribution in [1.29, 1.82) is 0 Å². The number of carbonyl (C=O) groups excluding carboxylic acids is 4. The van der Waals surface area contributed by atoms with E-state index in [4.69, 9.17) is 4.74 Å². The van der Waals surface area contributed by atoms with E-state index in [-0.39, 0.29) is 54.6 Å². The molecule has 3 amide bonds. The number of nitrogens with zero attached hydrogens (tertiary/aromatic N) is 3. The molecule has 1 aliphatic rings. The van der Waals surface area contributed by atoms with Gasteiger partial charge in [0.05, 0.1) is 12.0 Å². The summed E-state index contributed by atoms with van der Waals surface area (Å²) in [6.07, 6.45) is 3.15. The molecule has 7 atom stereocenters. The van der Waals surface area contributed by atoms with E-state index in [0.29, 0.717) is 11.4 Å². The maximum absolute atomic E-state index is 14.2. The van der Waals surface area contributed by atoms with Gasteiger partial charge in [0, 0.05) is 37.9 Å². The molecule has 0 aliphatic carbocycles. The number of carboxylic acid groups (broad SMARTS) is 1. The molecule has 2 heterocycles. The van der Waals surface area contributed by atoms with Gasteiger partial charge in [0.1, 0.15) is 22.6 Å². The van der Waals surface area contributed by atoms with Crippen LogP contribution in [-0.2, 0) is 30.3 Å². The first-order valence-corrected chi connectivity index (χ1v) is 19.1. The number of hydrogen-bond donors (Lipinski definition) is 3. The highest BCUT2D eigenvalue weighted by atomic mass is 32.1. The second-order valence-electron chi connectivity index (χ2n) is 14.5. The number of carbonyl (C=O) groups is 5. The number of rotatable bonds is 18. The Morgan fingerprint density at radius 3 is 2.33 bits per heavy atom. The van der Waals surface area contributed by atoms with Crippen LogP contribution in [0.25, 0.3) is 0 Å². The van der Waals surface area contributed by atoms with Crippen molar-refractivity contribution in [3.05, 3.63) is 51.7 Å². The van der Waals surface area contributed by atoms with Gasteiger partial charge in [-0.3, -0.25) is 28.9 Å². The van der Waals surface area contributed by atoms with Crippen LogP contribution in [0.3, 0.4) is 0 Å². The Morgan fingerprint density at radius 1 is 1.08 bits per heavy atom. The molecule has 52 heavy (non-hydrogen) atoms. The van der Waals surface area contributed by atoms with Crippen LogP contribution in [-0.4, -0.2) is 94.4 Å². The highest BCUT2D eigenvalue weighted by Crippen LogP contribution is 2.31. The number of aliphatic carboxylic acids is 1. The van der Waals surface area contributed by atoms with Crippen LogP contribution in [0.4, 0.5) is 4.39 Å². The van der Waals surface area contributed by atoms with Crippen molar-refractivity contribution in [2.45, 2.75) is 117 Å². The van der Waals surface area contributed by atoms with Crippen molar-refractivity contribution < 1.29 is 38.2 Å². The minimum absolute atomic E-state index is 0.0713. The zero-order chi connectivity index (χ0) is 38.7. The minimum Gasteiger partial charge on any atom is -0.481 e. The standard InChI is InChI=1S/C38H56FN5O7S/c1-9-23(4)33(42-35(47)30-12-10-11-17-43(30)7)37(48)44(8)31(22(2)3)20-32(51-25(6)45)36-41-29(21-52-36)34(46)40-28(18-24(5)38(49)50)19-26-13-15-27(39)16-14-26/h13-16,21-24,28,30-33H,9-12,17-20H2,1-8H3,(H,40,46)(H,42,47)(H,49,50)/t23?,24-,28+,30+,31?,32+,33-/m0/s1.